The third-order valence-electron chi connectivity index (χ3n) is 2.17. The van der Waals surface area contributed by atoms with Crippen molar-refractivity contribution in [3.05, 3.63) is 30.3 Å². The fourth-order valence-corrected chi connectivity index (χ4v) is 1.39. The quantitative estimate of drug-likeness (QED) is 0.705. The lowest BCUT2D eigenvalue weighted by Crippen LogP contribution is -2.39. The Morgan fingerprint density at radius 3 is 2.80 bits per heavy atom. The fourth-order valence-electron chi connectivity index (χ4n) is 1.39. The zero-order valence-electron chi connectivity index (χ0n) is 8.39. The van der Waals surface area contributed by atoms with E-state index < -0.39 is 0 Å². The predicted octanol–water partition coefficient (Wildman–Crippen LogP) is 1.87. The SMILES string of the molecule is O=C(Oc1ccccc1)N1CCCOC1. The molecule has 1 fully saturated rings. The Kier molecular flexibility index (Phi) is 3.19. The van der Waals surface area contributed by atoms with E-state index in [-0.39, 0.29) is 6.09 Å². The maximum atomic E-state index is 11.6. The molecule has 15 heavy (non-hydrogen) atoms. The molecule has 1 aliphatic rings. The molecule has 0 aromatic heterocycles. The zero-order chi connectivity index (χ0) is 10.5. The summed E-state index contributed by atoms with van der Waals surface area (Å²) in [6.45, 7) is 1.74. The van der Waals surface area contributed by atoms with Gasteiger partial charge in [-0.1, -0.05) is 18.2 Å². The van der Waals surface area contributed by atoms with Crippen LogP contribution in [0.3, 0.4) is 0 Å². The molecular formula is C11H13NO3. The van der Waals surface area contributed by atoms with Crippen LogP contribution >= 0.6 is 0 Å². The Labute approximate surface area is 88.4 Å². The molecule has 1 heterocycles. The first-order chi connectivity index (χ1) is 7.36. The van der Waals surface area contributed by atoms with Gasteiger partial charge in [-0.25, -0.2) is 4.79 Å². The minimum atomic E-state index is -0.346. The number of hydrogen-bond acceptors (Lipinski definition) is 3. The Morgan fingerprint density at radius 1 is 1.33 bits per heavy atom. The molecule has 1 aromatic carbocycles. The van der Waals surface area contributed by atoms with Gasteiger partial charge in [0.25, 0.3) is 0 Å². The van der Waals surface area contributed by atoms with Crippen molar-refractivity contribution in [2.75, 3.05) is 19.9 Å². The van der Waals surface area contributed by atoms with Gasteiger partial charge in [-0.2, -0.15) is 0 Å². The number of benzene rings is 1. The van der Waals surface area contributed by atoms with E-state index >= 15 is 0 Å². The van der Waals surface area contributed by atoms with E-state index in [1.807, 2.05) is 18.2 Å². The summed E-state index contributed by atoms with van der Waals surface area (Å²) in [7, 11) is 0. The smallest absolute Gasteiger partial charge is 0.410 e. The van der Waals surface area contributed by atoms with Crippen molar-refractivity contribution in [2.24, 2.45) is 0 Å². The predicted molar refractivity (Wildman–Crippen MR) is 54.6 cm³/mol. The number of nitrogens with zero attached hydrogens (tertiary/aromatic N) is 1. The maximum absolute atomic E-state index is 11.6. The third kappa shape index (κ3) is 2.70. The molecule has 0 radical (unpaired) electrons. The fraction of sp³-hybridized carbons (Fsp3) is 0.364. The molecule has 1 saturated heterocycles. The largest absolute Gasteiger partial charge is 0.417 e. The van der Waals surface area contributed by atoms with Crippen molar-refractivity contribution in [3.8, 4) is 5.75 Å². The summed E-state index contributed by atoms with van der Waals surface area (Å²) < 4.78 is 10.3. The second kappa shape index (κ2) is 4.79. The van der Waals surface area contributed by atoms with Crippen LogP contribution in [-0.4, -0.2) is 30.9 Å². The summed E-state index contributed by atoms with van der Waals surface area (Å²) in [5.41, 5.74) is 0. The zero-order valence-corrected chi connectivity index (χ0v) is 8.39. The maximum Gasteiger partial charge on any atom is 0.417 e. The highest BCUT2D eigenvalue weighted by Gasteiger charge is 2.18. The second-order valence-electron chi connectivity index (χ2n) is 3.34. The topological polar surface area (TPSA) is 38.8 Å². The Bertz CT molecular complexity index is 320. The number of carbonyl (C=O) groups is 1. The molecule has 80 valence electrons. The molecule has 0 unspecified atom stereocenters. The van der Waals surface area contributed by atoms with Gasteiger partial charge in [0.15, 0.2) is 0 Å². The van der Waals surface area contributed by atoms with Crippen LogP contribution in [0.2, 0.25) is 0 Å². The lowest BCUT2D eigenvalue weighted by molar-refractivity contribution is -0.00210. The average molecular weight is 207 g/mol. The molecule has 0 saturated carbocycles. The molecule has 2 rings (SSSR count). The van der Waals surface area contributed by atoms with E-state index in [0.717, 1.165) is 13.0 Å². The lowest BCUT2D eigenvalue weighted by atomic mass is 10.3. The minimum Gasteiger partial charge on any atom is -0.410 e. The van der Waals surface area contributed by atoms with Gasteiger partial charge in [-0.15, -0.1) is 0 Å². The van der Waals surface area contributed by atoms with E-state index in [1.54, 1.807) is 17.0 Å². The normalized spacial score (nSPS) is 16.1. The standard InChI is InChI=1S/C11H13NO3/c13-11(12-7-4-8-14-9-12)15-10-5-2-1-3-6-10/h1-3,5-6H,4,7-9H2. The summed E-state index contributed by atoms with van der Waals surface area (Å²) in [5.74, 6) is 0.563. The van der Waals surface area contributed by atoms with Crippen LogP contribution in [0.15, 0.2) is 30.3 Å². The molecule has 0 spiro atoms. The van der Waals surface area contributed by atoms with Crippen molar-refractivity contribution in [2.45, 2.75) is 6.42 Å². The molecule has 0 bridgehead atoms. The number of hydrogen-bond donors (Lipinski definition) is 0. The molecule has 0 aliphatic carbocycles. The summed E-state index contributed by atoms with van der Waals surface area (Å²) in [5, 5.41) is 0. The van der Waals surface area contributed by atoms with Crippen molar-refractivity contribution < 1.29 is 14.3 Å². The molecule has 1 amide bonds. The highest BCUT2D eigenvalue weighted by molar-refractivity contribution is 5.70. The molecule has 1 aliphatic heterocycles. The van der Waals surface area contributed by atoms with Crippen molar-refractivity contribution >= 4 is 6.09 Å². The van der Waals surface area contributed by atoms with Gasteiger partial charge in [0.2, 0.25) is 0 Å². The van der Waals surface area contributed by atoms with E-state index in [1.165, 1.54) is 0 Å². The van der Waals surface area contributed by atoms with Crippen molar-refractivity contribution in [1.82, 2.24) is 4.90 Å². The molecule has 1 aromatic rings. The number of amides is 1. The molecule has 4 heteroatoms. The van der Waals surface area contributed by atoms with E-state index in [2.05, 4.69) is 0 Å². The van der Waals surface area contributed by atoms with Crippen LogP contribution in [-0.2, 0) is 4.74 Å². The van der Waals surface area contributed by atoms with Gasteiger partial charge in [-0.05, 0) is 18.6 Å². The van der Waals surface area contributed by atoms with Crippen LogP contribution in [0.4, 0.5) is 4.79 Å². The molecule has 0 atom stereocenters. The van der Waals surface area contributed by atoms with Crippen molar-refractivity contribution in [1.29, 1.82) is 0 Å². The van der Waals surface area contributed by atoms with Gasteiger partial charge in [0.1, 0.15) is 12.5 Å². The molecular weight excluding hydrogens is 194 g/mol. The second-order valence-corrected chi connectivity index (χ2v) is 3.34. The number of para-hydroxylation sites is 1. The van der Waals surface area contributed by atoms with Gasteiger partial charge in [0.05, 0.1) is 6.61 Å². The number of carbonyl (C=O) groups excluding carboxylic acids is 1. The van der Waals surface area contributed by atoms with Gasteiger partial charge in [-0.3, -0.25) is 4.90 Å². The Morgan fingerprint density at radius 2 is 2.13 bits per heavy atom. The first-order valence-electron chi connectivity index (χ1n) is 4.96. The molecule has 4 nitrogen and oxygen atoms in total. The Balaban J connectivity index is 1.91. The monoisotopic (exact) mass is 207 g/mol. The van der Waals surface area contributed by atoms with Crippen LogP contribution in [0.5, 0.6) is 5.75 Å². The van der Waals surface area contributed by atoms with Crippen LogP contribution < -0.4 is 4.74 Å². The van der Waals surface area contributed by atoms with Crippen molar-refractivity contribution in [3.63, 3.8) is 0 Å². The third-order valence-corrected chi connectivity index (χ3v) is 2.17. The highest BCUT2D eigenvalue weighted by Crippen LogP contribution is 2.11. The van der Waals surface area contributed by atoms with Gasteiger partial charge < -0.3 is 9.47 Å². The number of rotatable bonds is 1. The summed E-state index contributed by atoms with van der Waals surface area (Å²) >= 11 is 0. The first-order valence-corrected chi connectivity index (χ1v) is 4.96. The number of ether oxygens (including phenoxy) is 2. The van der Waals surface area contributed by atoms with Crippen LogP contribution in [0, 0.1) is 0 Å². The molecule has 0 N–H and O–H groups in total. The van der Waals surface area contributed by atoms with E-state index in [9.17, 15) is 4.79 Å². The van der Waals surface area contributed by atoms with Crippen LogP contribution in [0.25, 0.3) is 0 Å². The summed E-state index contributed by atoms with van der Waals surface area (Å²) in [6.07, 6.45) is 0.519. The van der Waals surface area contributed by atoms with E-state index in [4.69, 9.17) is 9.47 Å². The average Bonchev–Trinajstić information content (AvgIpc) is 2.31. The van der Waals surface area contributed by atoms with Gasteiger partial charge >= 0.3 is 6.09 Å². The summed E-state index contributed by atoms with van der Waals surface area (Å²) in [6, 6.07) is 9.04. The Hall–Kier alpha value is -1.55. The lowest BCUT2D eigenvalue weighted by Gasteiger charge is -2.25. The summed E-state index contributed by atoms with van der Waals surface area (Å²) in [4.78, 5) is 13.1. The first kappa shape index (κ1) is 9.98. The van der Waals surface area contributed by atoms with Crippen LogP contribution in [0.1, 0.15) is 6.42 Å². The minimum absolute atomic E-state index is 0.325. The van der Waals surface area contributed by atoms with E-state index in [0.29, 0.717) is 19.0 Å². The van der Waals surface area contributed by atoms with Gasteiger partial charge in [0, 0.05) is 6.54 Å². The highest BCUT2D eigenvalue weighted by atomic mass is 16.6.